The number of quaternary nitrogens is 1. The highest BCUT2D eigenvalue weighted by atomic mass is 35.5. The van der Waals surface area contributed by atoms with Gasteiger partial charge in [0.2, 0.25) is 5.95 Å². The van der Waals surface area contributed by atoms with Crippen molar-refractivity contribution in [3.63, 3.8) is 0 Å². The van der Waals surface area contributed by atoms with Gasteiger partial charge in [-0.25, -0.2) is 25.7 Å². The van der Waals surface area contributed by atoms with Gasteiger partial charge >= 0.3 is 12.3 Å². The number of piperidine rings is 1. The van der Waals surface area contributed by atoms with Gasteiger partial charge in [-0.3, -0.25) is 10.2 Å². The Kier molecular flexibility index (Phi) is 9.77. The number of carbonyl (C=O) groups is 1. The molecule has 4 N–H and O–H groups in total. The fourth-order valence-electron chi connectivity index (χ4n) is 6.16. The highest BCUT2D eigenvalue weighted by molar-refractivity contribution is 6.30. The molecule has 4 atom stereocenters. The molecule has 2 aliphatic rings. The maximum Gasteiger partial charge on any atom is 0.416 e. The normalized spacial score (nSPS) is 24.0. The average molecular weight is 626 g/mol. The molecule has 1 saturated heterocycles. The first-order valence-corrected chi connectivity index (χ1v) is 14.9. The molecule has 1 amide bonds. The summed E-state index contributed by atoms with van der Waals surface area (Å²) < 4.78 is 46.7. The molecule has 1 spiro atoms. The van der Waals surface area contributed by atoms with Gasteiger partial charge < -0.3 is 9.64 Å². The first-order valence-electron chi connectivity index (χ1n) is 14.5. The van der Waals surface area contributed by atoms with E-state index in [1.165, 1.54) is 11.2 Å². The number of hydrogen-bond donors (Lipinski definition) is 2. The molecule has 2 heterocycles. The van der Waals surface area contributed by atoms with E-state index >= 15 is 0 Å². The number of amides is 1. The number of halogens is 4. The van der Waals surface area contributed by atoms with Crippen LogP contribution in [-0.2, 0) is 17.5 Å². The Balaban J connectivity index is 1.75. The van der Waals surface area contributed by atoms with Gasteiger partial charge in [0.05, 0.1) is 29.8 Å². The molecular weight excluding hydrogens is 585 g/mol. The lowest BCUT2D eigenvalue weighted by Gasteiger charge is -2.49. The summed E-state index contributed by atoms with van der Waals surface area (Å²) in [7, 11) is 3.42. The Morgan fingerprint density at radius 2 is 1.93 bits per heavy atom. The number of hydrazine groups is 1. The highest BCUT2D eigenvalue weighted by Crippen LogP contribution is 2.56. The molecule has 2 aromatic rings. The van der Waals surface area contributed by atoms with Gasteiger partial charge in [0.25, 0.3) is 5.84 Å². The predicted molar refractivity (Wildman–Crippen MR) is 158 cm³/mol. The van der Waals surface area contributed by atoms with Crippen LogP contribution in [0.5, 0.6) is 0 Å². The molecule has 4 rings (SSSR count). The molecule has 236 valence electrons. The summed E-state index contributed by atoms with van der Waals surface area (Å²) in [5, 5.41) is 7.21. The Morgan fingerprint density at radius 3 is 2.44 bits per heavy atom. The number of alkyl halides is 3. The quantitative estimate of drug-likeness (QED) is 0.194. The Hall–Kier alpha value is -3.16. The second kappa shape index (κ2) is 12.8. The molecule has 4 unspecified atom stereocenters. The second-order valence-corrected chi connectivity index (χ2v) is 12.2. The first kappa shape index (κ1) is 32.7. The molecule has 2 fully saturated rings. The number of nitrogens with zero attached hydrogens (tertiary/aromatic N) is 6. The minimum absolute atomic E-state index is 0.00347. The largest absolute Gasteiger partial charge is 0.447 e. The van der Waals surface area contributed by atoms with Crippen LogP contribution < -0.4 is 16.1 Å². The summed E-state index contributed by atoms with van der Waals surface area (Å²) in [4.78, 5) is 26.5. The zero-order chi connectivity index (χ0) is 31.7. The third kappa shape index (κ3) is 7.32. The second-order valence-electron chi connectivity index (χ2n) is 11.8. The summed E-state index contributed by atoms with van der Waals surface area (Å²) >= 11 is 6.16. The molecule has 1 saturated carbocycles. The molecule has 1 aromatic heterocycles. The Morgan fingerprint density at radius 1 is 1.28 bits per heavy atom. The number of hydrazone groups is 1. The van der Waals surface area contributed by atoms with Crippen LogP contribution in [-0.4, -0.2) is 69.7 Å². The van der Waals surface area contributed by atoms with Gasteiger partial charge in [-0.2, -0.15) is 13.2 Å². The number of anilines is 1. The fraction of sp³-hybridized carbons (Fsp3) is 0.586. The molecule has 14 heteroatoms. The molecule has 0 bridgehead atoms. The monoisotopic (exact) mass is 625 g/mol. The maximum atomic E-state index is 13.7. The third-order valence-corrected chi connectivity index (χ3v) is 8.43. The van der Waals surface area contributed by atoms with Crippen molar-refractivity contribution in [1.29, 1.82) is 0 Å². The van der Waals surface area contributed by atoms with Crippen molar-refractivity contribution >= 4 is 29.5 Å². The van der Waals surface area contributed by atoms with Crippen LogP contribution in [0, 0.1) is 5.92 Å². The van der Waals surface area contributed by atoms with Gasteiger partial charge in [0, 0.05) is 43.1 Å². The Bertz CT molecular complexity index is 1320. The van der Waals surface area contributed by atoms with Gasteiger partial charge in [0.15, 0.2) is 0 Å². The van der Waals surface area contributed by atoms with E-state index < -0.39 is 17.3 Å². The SMILES string of the molecule is CCC1CC(N(Cc2cc(Cl)cc(C(F)(F)F)c2)c2ncc(C(=NN(C)N)[NH2+]C)cn2)CC2(CC2C)N1C(=O)OC(C)C. The van der Waals surface area contributed by atoms with Crippen LogP contribution in [0.15, 0.2) is 35.7 Å². The van der Waals surface area contributed by atoms with Crippen molar-refractivity contribution in [1.82, 2.24) is 20.0 Å². The van der Waals surface area contributed by atoms with E-state index in [0.717, 1.165) is 18.6 Å². The molecule has 1 aliphatic heterocycles. The van der Waals surface area contributed by atoms with E-state index in [1.807, 2.05) is 37.6 Å². The summed E-state index contributed by atoms with van der Waals surface area (Å²) in [6, 6.07) is 3.27. The van der Waals surface area contributed by atoms with E-state index in [9.17, 15) is 18.0 Å². The lowest BCUT2D eigenvalue weighted by molar-refractivity contribution is -0.506. The summed E-state index contributed by atoms with van der Waals surface area (Å²) in [5.41, 5.74) is -0.215. The number of nitrogens with two attached hydrogens (primary N) is 2. The van der Waals surface area contributed by atoms with Crippen molar-refractivity contribution in [2.24, 2.45) is 16.9 Å². The standard InChI is InChI=1S/C29H40ClF3N8O2/c1-7-23-11-24(13-28(12-18(28)4)41(23)27(42)43-17(2)3)40(16-19-8-21(29(31,32)33)10-22(30)9-19)26-36-14-20(15-37-26)25(35-5)38-39(6)34/h8-10,14-15,17-18,23-24H,7,11-13,16,34H2,1-6H3,(H,35,38)/p+1. The molecule has 1 aromatic carbocycles. The van der Waals surface area contributed by atoms with E-state index in [2.05, 4.69) is 22.0 Å². The van der Waals surface area contributed by atoms with Crippen LogP contribution in [0.4, 0.5) is 23.9 Å². The van der Waals surface area contributed by atoms with Crippen molar-refractivity contribution in [2.45, 2.75) is 89.8 Å². The number of hydrogen-bond acceptors (Lipinski definition) is 8. The lowest BCUT2D eigenvalue weighted by atomic mass is 9.86. The van der Waals surface area contributed by atoms with Crippen LogP contribution in [0.2, 0.25) is 5.02 Å². The number of carbonyl (C=O) groups excluding carboxylic acids is 1. The smallest absolute Gasteiger partial charge is 0.416 e. The number of amidine groups is 1. The molecular formula is C29H41ClF3N8O2+. The summed E-state index contributed by atoms with van der Waals surface area (Å²) in [6.45, 7) is 7.90. The average Bonchev–Trinajstić information content (AvgIpc) is 3.55. The van der Waals surface area contributed by atoms with Gasteiger partial charge in [-0.1, -0.05) is 25.4 Å². The maximum absolute atomic E-state index is 13.7. The summed E-state index contributed by atoms with van der Waals surface area (Å²) in [6.07, 6.45) is 0.803. The Labute approximate surface area is 255 Å². The molecule has 10 nitrogen and oxygen atoms in total. The van der Waals surface area contributed by atoms with E-state index in [-0.39, 0.29) is 41.8 Å². The highest BCUT2D eigenvalue weighted by Gasteiger charge is 2.63. The van der Waals surface area contributed by atoms with Crippen molar-refractivity contribution in [3.05, 3.63) is 52.3 Å². The van der Waals surface area contributed by atoms with Crippen molar-refractivity contribution in [2.75, 3.05) is 19.0 Å². The number of aromatic nitrogens is 2. The van der Waals surface area contributed by atoms with Gasteiger partial charge in [-0.05, 0) is 69.2 Å². The topological polar surface area (TPSA) is 117 Å². The number of likely N-dealkylation sites (tertiary alicyclic amines) is 1. The van der Waals surface area contributed by atoms with Crippen molar-refractivity contribution in [3.8, 4) is 0 Å². The van der Waals surface area contributed by atoms with E-state index in [0.29, 0.717) is 42.2 Å². The van der Waals surface area contributed by atoms with Crippen LogP contribution in [0.1, 0.15) is 70.1 Å². The van der Waals surface area contributed by atoms with E-state index in [1.54, 1.807) is 24.8 Å². The minimum Gasteiger partial charge on any atom is -0.447 e. The fourth-order valence-corrected chi connectivity index (χ4v) is 6.42. The van der Waals surface area contributed by atoms with Gasteiger partial charge in [0.1, 0.15) is 0 Å². The number of rotatable bonds is 8. The van der Waals surface area contributed by atoms with Crippen LogP contribution in [0.25, 0.3) is 0 Å². The van der Waals surface area contributed by atoms with Crippen LogP contribution in [0.3, 0.4) is 0 Å². The van der Waals surface area contributed by atoms with Gasteiger partial charge in [-0.15, -0.1) is 5.10 Å². The predicted octanol–water partition coefficient (Wildman–Crippen LogP) is 4.38. The van der Waals surface area contributed by atoms with Crippen molar-refractivity contribution < 1.29 is 28.0 Å². The first-order chi connectivity index (χ1) is 20.2. The molecule has 0 radical (unpaired) electrons. The van der Waals surface area contributed by atoms with E-state index in [4.69, 9.17) is 22.2 Å². The number of ether oxygens (including phenoxy) is 1. The third-order valence-electron chi connectivity index (χ3n) is 8.21. The molecule has 43 heavy (non-hydrogen) atoms. The zero-order valence-electron chi connectivity index (χ0n) is 25.4. The zero-order valence-corrected chi connectivity index (χ0v) is 26.2. The van der Waals surface area contributed by atoms with Crippen LogP contribution >= 0.6 is 11.6 Å². The minimum atomic E-state index is -4.55. The molecule has 1 aliphatic carbocycles. The number of benzene rings is 1. The lowest BCUT2D eigenvalue weighted by Crippen LogP contribution is -2.84. The summed E-state index contributed by atoms with van der Waals surface area (Å²) in [5.74, 6) is 6.87.